The molecule has 30 heavy (non-hydrogen) atoms. The fourth-order valence-electron chi connectivity index (χ4n) is 2.33. The Morgan fingerprint density at radius 3 is 2.60 bits per heavy atom. The fraction of sp³-hybridized carbons (Fsp3) is 0.263. The van der Waals surface area contributed by atoms with Gasteiger partial charge in [-0.25, -0.2) is 9.78 Å². The maximum atomic E-state index is 11.9. The molecule has 1 N–H and O–H groups in total. The summed E-state index contributed by atoms with van der Waals surface area (Å²) >= 11 is 1.97. The van der Waals surface area contributed by atoms with Crippen LogP contribution in [0, 0.1) is 0 Å². The summed E-state index contributed by atoms with van der Waals surface area (Å²) in [6.45, 7) is 5.46. The van der Waals surface area contributed by atoms with Crippen molar-refractivity contribution in [2.24, 2.45) is 5.16 Å². The van der Waals surface area contributed by atoms with Crippen molar-refractivity contribution in [2.75, 3.05) is 5.32 Å². The molecule has 0 unspecified atom stereocenters. The van der Waals surface area contributed by atoms with Gasteiger partial charge in [0.25, 0.3) is 0 Å². The van der Waals surface area contributed by atoms with Crippen LogP contribution >= 0.6 is 22.9 Å². The second kappa shape index (κ2) is 9.61. The fourth-order valence-corrected chi connectivity index (χ4v) is 2.74. The molecule has 0 atom stereocenters. The number of nitrogens with one attached hydrogen (secondary N) is 1. The van der Waals surface area contributed by atoms with Gasteiger partial charge in [-0.1, -0.05) is 41.6 Å². The Bertz CT molecular complexity index is 1030. The summed E-state index contributed by atoms with van der Waals surface area (Å²) in [5, 5.41) is 18.3. The Morgan fingerprint density at radius 2 is 1.93 bits per heavy atom. The molecule has 0 bridgehead atoms. The quantitative estimate of drug-likeness (QED) is 0.300. The zero-order valence-corrected chi connectivity index (χ0v) is 18.8. The lowest BCUT2D eigenvalue weighted by Gasteiger charge is -2.19. The van der Waals surface area contributed by atoms with E-state index in [0.717, 1.165) is 5.56 Å². The lowest BCUT2D eigenvalue weighted by molar-refractivity contribution is 0.0635. The third-order valence-corrected chi connectivity index (χ3v) is 4.15. The number of aromatic nitrogens is 5. The molecule has 0 spiro atoms. The van der Waals surface area contributed by atoms with Gasteiger partial charge in [-0.3, -0.25) is 5.32 Å². The second-order valence-corrected chi connectivity index (χ2v) is 8.00. The Morgan fingerprint density at radius 1 is 1.17 bits per heavy atom. The molecule has 0 aliphatic carbocycles. The average Bonchev–Trinajstić information content (AvgIpc) is 3.10. The molecule has 2 aromatic heterocycles. The van der Waals surface area contributed by atoms with Gasteiger partial charge in [0.1, 0.15) is 11.4 Å². The van der Waals surface area contributed by atoms with Crippen molar-refractivity contribution in [1.82, 2.24) is 23.4 Å². The van der Waals surface area contributed by atoms with Gasteiger partial charge >= 0.3 is 6.09 Å². The minimum Gasteiger partial charge on any atom is -0.444 e. The molecule has 10 nitrogen and oxygen atoms in total. The number of halogens is 1. The van der Waals surface area contributed by atoms with Crippen LogP contribution in [0.1, 0.15) is 37.9 Å². The third kappa shape index (κ3) is 6.20. The molecule has 156 valence electrons. The van der Waals surface area contributed by atoms with Crippen LogP contribution in [0.2, 0.25) is 0 Å². The van der Waals surface area contributed by atoms with Crippen molar-refractivity contribution < 1.29 is 14.4 Å². The predicted molar refractivity (Wildman–Crippen MR) is 118 cm³/mol. The number of rotatable bonds is 6. The number of carbonyl (C=O) groups excluding carboxylic acids is 1. The Balaban J connectivity index is 1.71. The van der Waals surface area contributed by atoms with E-state index in [4.69, 9.17) is 9.57 Å². The van der Waals surface area contributed by atoms with Gasteiger partial charge in [0.2, 0.25) is 5.82 Å². The SMILES string of the molecule is CC(C)(C)OC(=O)Nc1cccc(CO/N=C(/c2ccccc2)c2nnnn2I)n1. The molecular formula is C19H20IN7O3. The highest BCUT2D eigenvalue weighted by atomic mass is 127. The van der Waals surface area contributed by atoms with Crippen LogP contribution in [0.5, 0.6) is 0 Å². The van der Waals surface area contributed by atoms with Crippen molar-refractivity contribution in [3.8, 4) is 0 Å². The molecule has 11 heteroatoms. The van der Waals surface area contributed by atoms with Crippen molar-refractivity contribution in [2.45, 2.75) is 33.0 Å². The standard InChI is InChI=1S/C19H20IN7O3/c1-19(2,3)30-18(28)22-15-11-7-10-14(21-15)12-29-24-16(13-8-5-4-6-9-13)17-23-25-26-27(17)20/h4-11H,12H2,1-3H3,(H,21,22,28)/b24-16-. The number of carbonyl (C=O) groups is 1. The molecular weight excluding hydrogens is 501 g/mol. The molecule has 2 heterocycles. The number of hydrogen-bond acceptors (Lipinski definition) is 8. The van der Waals surface area contributed by atoms with Crippen molar-refractivity contribution in [3.05, 3.63) is 65.6 Å². The number of benzene rings is 1. The molecule has 0 radical (unpaired) electrons. The first-order chi connectivity index (χ1) is 14.3. The van der Waals surface area contributed by atoms with Gasteiger partial charge in [-0.05, 0) is 43.3 Å². The molecule has 0 aliphatic rings. The van der Waals surface area contributed by atoms with E-state index in [9.17, 15) is 4.79 Å². The number of amides is 1. The van der Waals surface area contributed by atoms with Crippen LogP contribution in [-0.2, 0) is 16.2 Å². The van der Waals surface area contributed by atoms with Gasteiger partial charge in [0.05, 0.1) is 28.6 Å². The van der Waals surface area contributed by atoms with Crippen LogP contribution in [0.25, 0.3) is 0 Å². The highest BCUT2D eigenvalue weighted by molar-refractivity contribution is 14.1. The summed E-state index contributed by atoms with van der Waals surface area (Å²) in [6.07, 6.45) is -0.577. The first-order valence-corrected chi connectivity index (χ1v) is 9.94. The number of pyridine rings is 1. The van der Waals surface area contributed by atoms with E-state index in [0.29, 0.717) is 23.0 Å². The van der Waals surface area contributed by atoms with E-state index in [1.54, 1.807) is 39.0 Å². The summed E-state index contributed by atoms with van der Waals surface area (Å²) in [5.41, 5.74) is 1.27. The highest BCUT2D eigenvalue weighted by Gasteiger charge is 2.17. The van der Waals surface area contributed by atoms with E-state index in [1.165, 1.54) is 2.90 Å². The van der Waals surface area contributed by atoms with E-state index in [1.807, 2.05) is 53.2 Å². The van der Waals surface area contributed by atoms with Gasteiger partial charge in [0.15, 0.2) is 12.3 Å². The largest absolute Gasteiger partial charge is 0.444 e. The zero-order chi connectivity index (χ0) is 21.6. The van der Waals surface area contributed by atoms with E-state index < -0.39 is 11.7 Å². The summed E-state index contributed by atoms with van der Waals surface area (Å²) in [6, 6.07) is 14.6. The van der Waals surface area contributed by atoms with Gasteiger partial charge < -0.3 is 9.57 Å². The molecule has 0 saturated heterocycles. The number of anilines is 1. The van der Waals surface area contributed by atoms with E-state index >= 15 is 0 Å². The van der Waals surface area contributed by atoms with Crippen LogP contribution < -0.4 is 5.32 Å². The molecule has 1 aromatic carbocycles. The van der Waals surface area contributed by atoms with Crippen molar-refractivity contribution >= 4 is 40.5 Å². The summed E-state index contributed by atoms with van der Waals surface area (Å²) in [4.78, 5) is 21.8. The minimum absolute atomic E-state index is 0.0863. The maximum Gasteiger partial charge on any atom is 0.413 e. The topological polar surface area (TPSA) is 116 Å². The Hall–Kier alpha value is -3.09. The molecule has 3 aromatic rings. The predicted octanol–water partition coefficient (Wildman–Crippen LogP) is 3.58. The summed E-state index contributed by atoms with van der Waals surface area (Å²) in [7, 11) is 0. The summed E-state index contributed by atoms with van der Waals surface area (Å²) in [5.74, 6) is 0.809. The lowest BCUT2D eigenvalue weighted by atomic mass is 10.1. The van der Waals surface area contributed by atoms with Crippen LogP contribution in [0.4, 0.5) is 10.6 Å². The van der Waals surface area contributed by atoms with Crippen molar-refractivity contribution in [1.29, 1.82) is 0 Å². The molecule has 3 rings (SSSR count). The number of hydrogen-bond donors (Lipinski definition) is 1. The Labute approximate surface area is 187 Å². The molecule has 0 saturated carbocycles. The summed E-state index contributed by atoms with van der Waals surface area (Å²) < 4.78 is 6.71. The van der Waals surface area contributed by atoms with Gasteiger partial charge in [0, 0.05) is 5.56 Å². The number of tetrazole rings is 1. The number of ether oxygens (including phenoxy) is 1. The minimum atomic E-state index is -0.596. The maximum absolute atomic E-state index is 11.9. The number of nitrogens with zero attached hydrogens (tertiary/aromatic N) is 6. The zero-order valence-electron chi connectivity index (χ0n) is 16.6. The molecule has 0 fully saturated rings. The normalized spacial score (nSPS) is 11.8. The number of oxime groups is 1. The third-order valence-electron chi connectivity index (χ3n) is 3.50. The van der Waals surface area contributed by atoms with Crippen LogP contribution in [0.3, 0.4) is 0 Å². The van der Waals surface area contributed by atoms with E-state index in [2.05, 4.69) is 31.0 Å². The lowest BCUT2D eigenvalue weighted by Crippen LogP contribution is -2.27. The van der Waals surface area contributed by atoms with E-state index in [-0.39, 0.29) is 6.61 Å². The highest BCUT2D eigenvalue weighted by Crippen LogP contribution is 2.13. The van der Waals surface area contributed by atoms with Crippen molar-refractivity contribution in [3.63, 3.8) is 0 Å². The van der Waals surface area contributed by atoms with Crippen LogP contribution in [0.15, 0.2) is 53.7 Å². The Kier molecular flexibility index (Phi) is 6.92. The first-order valence-electron chi connectivity index (χ1n) is 8.98. The van der Waals surface area contributed by atoms with Crippen LogP contribution in [-0.4, -0.2) is 40.8 Å². The molecule has 1 amide bonds. The average molecular weight is 521 g/mol. The molecule has 0 aliphatic heterocycles. The second-order valence-electron chi connectivity index (χ2n) is 7.08. The smallest absolute Gasteiger partial charge is 0.413 e. The van der Waals surface area contributed by atoms with Gasteiger partial charge in [-0.15, -0.1) is 5.10 Å². The monoisotopic (exact) mass is 521 g/mol. The first kappa shape index (κ1) is 21.6. The van der Waals surface area contributed by atoms with Gasteiger partial charge in [-0.2, -0.15) is 2.90 Å².